The minimum Gasteiger partial charge on any atom is -0.352 e. The van der Waals surface area contributed by atoms with Crippen LogP contribution in [-0.2, 0) is 26.2 Å². The monoisotopic (exact) mass is 603 g/mol. The maximum absolute atomic E-state index is 14.2. The van der Waals surface area contributed by atoms with Crippen molar-refractivity contribution in [3.05, 3.63) is 95.1 Å². The molecule has 0 heterocycles. The Kier molecular flexibility index (Phi) is 10.7. The normalized spacial score (nSPS) is 14.7. The number of anilines is 1. The number of nitrogens with one attached hydrogen (secondary N) is 1. The summed E-state index contributed by atoms with van der Waals surface area (Å²) in [4.78, 5) is 29.3. The molecule has 230 valence electrons. The van der Waals surface area contributed by atoms with Crippen LogP contribution in [0, 0.1) is 13.8 Å². The molecule has 8 heteroatoms. The van der Waals surface area contributed by atoms with Crippen LogP contribution in [0.4, 0.5) is 5.69 Å². The molecule has 0 saturated heterocycles. The molecule has 0 aliphatic heterocycles. The van der Waals surface area contributed by atoms with Crippen LogP contribution in [0.1, 0.15) is 81.0 Å². The number of rotatable bonds is 11. The third-order valence-corrected chi connectivity index (χ3v) is 10.2. The fourth-order valence-corrected chi connectivity index (χ4v) is 6.93. The van der Waals surface area contributed by atoms with Crippen molar-refractivity contribution in [3.8, 4) is 0 Å². The lowest BCUT2D eigenvalue weighted by Gasteiger charge is -2.33. The first-order valence-electron chi connectivity index (χ1n) is 15.3. The van der Waals surface area contributed by atoms with Gasteiger partial charge in [-0.25, -0.2) is 8.42 Å². The third kappa shape index (κ3) is 8.05. The van der Waals surface area contributed by atoms with Gasteiger partial charge in [0.15, 0.2) is 0 Å². The summed E-state index contributed by atoms with van der Waals surface area (Å²) in [6.07, 6.45) is 5.18. The Labute approximate surface area is 257 Å². The predicted octanol–water partition coefficient (Wildman–Crippen LogP) is 6.49. The van der Waals surface area contributed by atoms with E-state index in [9.17, 15) is 18.0 Å². The lowest BCUT2D eigenvalue weighted by atomic mass is 9.95. The van der Waals surface area contributed by atoms with Gasteiger partial charge in [0.2, 0.25) is 11.8 Å². The molecule has 1 unspecified atom stereocenters. The van der Waals surface area contributed by atoms with Crippen LogP contribution in [0.2, 0.25) is 0 Å². The number of benzene rings is 3. The van der Waals surface area contributed by atoms with E-state index >= 15 is 0 Å². The minimum atomic E-state index is -4.10. The van der Waals surface area contributed by atoms with Crippen molar-refractivity contribution in [2.45, 2.75) is 96.2 Å². The van der Waals surface area contributed by atoms with Crippen LogP contribution in [0.25, 0.3) is 0 Å². The maximum atomic E-state index is 14.2. The SMILES string of the molecule is Cc1ccc(S(=O)(=O)N(CC(=O)N(Cc2ccccc2C)C(C)C(=O)NC2CCCCC2)c2ccc(C(C)C)cc2)cc1. The molecule has 1 saturated carbocycles. The molecule has 0 bridgehead atoms. The van der Waals surface area contributed by atoms with Gasteiger partial charge in [0.1, 0.15) is 12.6 Å². The highest BCUT2D eigenvalue weighted by molar-refractivity contribution is 7.92. The van der Waals surface area contributed by atoms with E-state index in [1.54, 1.807) is 43.3 Å². The van der Waals surface area contributed by atoms with E-state index in [-0.39, 0.29) is 29.3 Å². The molecule has 3 aromatic rings. The van der Waals surface area contributed by atoms with Crippen molar-refractivity contribution < 1.29 is 18.0 Å². The molecule has 1 atom stereocenters. The molecule has 1 aliphatic carbocycles. The topological polar surface area (TPSA) is 86.8 Å². The number of amides is 2. The Morgan fingerprint density at radius 1 is 0.860 bits per heavy atom. The number of nitrogens with zero attached hydrogens (tertiary/aromatic N) is 2. The van der Waals surface area contributed by atoms with Crippen molar-refractivity contribution in [3.63, 3.8) is 0 Å². The van der Waals surface area contributed by atoms with Gasteiger partial charge in [-0.05, 0) is 80.5 Å². The fraction of sp³-hybridized carbons (Fsp3) is 0.429. The van der Waals surface area contributed by atoms with Crippen molar-refractivity contribution >= 4 is 27.5 Å². The Bertz CT molecular complexity index is 1490. The van der Waals surface area contributed by atoms with Crippen molar-refractivity contribution in [2.24, 2.45) is 0 Å². The number of hydrogen-bond donors (Lipinski definition) is 1. The maximum Gasteiger partial charge on any atom is 0.264 e. The average molecular weight is 604 g/mol. The van der Waals surface area contributed by atoms with E-state index in [0.717, 1.165) is 47.9 Å². The van der Waals surface area contributed by atoms with Gasteiger partial charge < -0.3 is 10.2 Å². The van der Waals surface area contributed by atoms with E-state index in [1.165, 1.54) is 15.6 Å². The standard InChI is InChI=1S/C35H45N3O4S/c1-25(2)29-17-19-32(20-18-29)38(43(41,42)33-21-15-26(3)16-22-33)24-34(39)37(23-30-12-10-9-11-27(30)4)28(5)35(40)36-31-13-7-6-8-14-31/h9-12,15-22,25,28,31H,6-8,13-14,23-24H2,1-5H3,(H,36,40). The number of sulfonamides is 1. The highest BCUT2D eigenvalue weighted by Gasteiger charge is 2.33. The Morgan fingerprint density at radius 3 is 2.09 bits per heavy atom. The second-order valence-corrected chi connectivity index (χ2v) is 13.9. The summed E-state index contributed by atoms with van der Waals surface area (Å²) in [6, 6.07) is 21.0. The summed E-state index contributed by atoms with van der Waals surface area (Å²) in [7, 11) is -4.10. The molecule has 1 N–H and O–H groups in total. The Morgan fingerprint density at radius 2 is 1.49 bits per heavy atom. The molecular formula is C35H45N3O4S. The largest absolute Gasteiger partial charge is 0.352 e. The van der Waals surface area contributed by atoms with Crippen LogP contribution < -0.4 is 9.62 Å². The summed E-state index contributed by atoms with van der Waals surface area (Å²) in [5, 5.41) is 3.15. The van der Waals surface area contributed by atoms with Crippen molar-refractivity contribution in [2.75, 3.05) is 10.8 Å². The van der Waals surface area contributed by atoms with E-state index in [4.69, 9.17) is 0 Å². The van der Waals surface area contributed by atoms with Gasteiger partial charge in [0, 0.05) is 12.6 Å². The van der Waals surface area contributed by atoms with Crippen LogP contribution in [-0.4, -0.2) is 43.8 Å². The van der Waals surface area contributed by atoms with Crippen LogP contribution in [0.15, 0.2) is 77.7 Å². The summed E-state index contributed by atoms with van der Waals surface area (Å²) < 4.78 is 29.3. The zero-order valence-electron chi connectivity index (χ0n) is 26.0. The number of aryl methyl sites for hydroxylation is 2. The predicted molar refractivity (Wildman–Crippen MR) is 172 cm³/mol. The first-order chi connectivity index (χ1) is 20.5. The quantitative estimate of drug-likeness (QED) is 0.272. The molecule has 2 amide bonds. The second-order valence-electron chi connectivity index (χ2n) is 12.0. The molecule has 0 aromatic heterocycles. The van der Waals surface area contributed by atoms with E-state index < -0.39 is 28.5 Å². The third-order valence-electron chi connectivity index (χ3n) is 8.46. The van der Waals surface area contributed by atoms with Gasteiger partial charge in [-0.3, -0.25) is 13.9 Å². The molecule has 3 aromatic carbocycles. The van der Waals surface area contributed by atoms with Gasteiger partial charge in [0.05, 0.1) is 10.6 Å². The Hall–Kier alpha value is -3.65. The summed E-state index contributed by atoms with van der Waals surface area (Å²) >= 11 is 0. The van der Waals surface area contributed by atoms with Crippen molar-refractivity contribution in [1.82, 2.24) is 10.2 Å². The lowest BCUT2D eigenvalue weighted by Crippen LogP contribution is -2.53. The first-order valence-corrected chi connectivity index (χ1v) is 16.7. The molecule has 4 rings (SSSR count). The smallest absolute Gasteiger partial charge is 0.264 e. The van der Waals surface area contributed by atoms with Gasteiger partial charge in [0.25, 0.3) is 10.0 Å². The molecule has 43 heavy (non-hydrogen) atoms. The van der Waals surface area contributed by atoms with E-state index in [2.05, 4.69) is 19.2 Å². The summed E-state index contributed by atoms with van der Waals surface area (Å²) in [6.45, 7) is 9.48. The van der Waals surface area contributed by atoms with Gasteiger partial charge >= 0.3 is 0 Å². The summed E-state index contributed by atoms with van der Waals surface area (Å²) in [5.74, 6) is -0.396. The second kappa shape index (κ2) is 14.2. The fourth-order valence-electron chi connectivity index (χ4n) is 5.51. The van der Waals surface area contributed by atoms with Gasteiger partial charge in [-0.2, -0.15) is 0 Å². The van der Waals surface area contributed by atoms with E-state index in [1.807, 2.05) is 50.2 Å². The molecule has 0 radical (unpaired) electrons. The molecule has 7 nitrogen and oxygen atoms in total. The van der Waals surface area contributed by atoms with Crippen molar-refractivity contribution in [1.29, 1.82) is 0 Å². The number of carbonyl (C=O) groups excluding carboxylic acids is 2. The molecular weight excluding hydrogens is 558 g/mol. The molecule has 1 fully saturated rings. The average Bonchev–Trinajstić information content (AvgIpc) is 2.99. The zero-order chi connectivity index (χ0) is 31.1. The summed E-state index contributed by atoms with van der Waals surface area (Å²) in [5.41, 5.74) is 4.30. The highest BCUT2D eigenvalue weighted by Crippen LogP contribution is 2.27. The molecule has 0 spiro atoms. The molecule has 1 aliphatic rings. The van der Waals surface area contributed by atoms with E-state index in [0.29, 0.717) is 5.69 Å². The zero-order valence-corrected chi connectivity index (χ0v) is 26.9. The first kappa shape index (κ1) is 32.3. The van der Waals surface area contributed by atoms with Crippen LogP contribution in [0.3, 0.4) is 0 Å². The number of carbonyl (C=O) groups is 2. The van der Waals surface area contributed by atoms with Gasteiger partial charge in [-0.15, -0.1) is 0 Å². The van der Waals surface area contributed by atoms with Gasteiger partial charge in [-0.1, -0.05) is 87.2 Å². The van der Waals surface area contributed by atoms with Crippen LogP contribution >= 0.6 is 0 Å². The van der Waals surface area contributed by atoms with Crippen LogP contribution in [0.5, 0.6) is 0 Å². The minimum absolute atomic E-state index is 0.0944. The lowest BCUT2D eigenvalue weighted by molar-refractivity contribution is -0.139. The Balaban J connectivity index is 1.69. The highest BCUT2D eigenvalue weighted by atomic mass is 32.2. The number of hydrogen-bond acceptors (Lipinski definition) is 4.